The first-order chi connectivity index (χ1) is 11.6. The summed E-state index contributed by atoms with van der Waals surface area (Å²) in [5.74, 6) is 0. The molecule has 1 aliphatic rings. The number of carbonyl (C=O) groups excluding carboxylic acids is 1. The molecule has 2 aromatic heterocycles. The van der Waals surface area contributed by atoms with Crippen molar-refractivity contribution in [2.24, 2.45) is 0 Å². The number of rotatable bonds is 5. The van der Waals surface area contributed by atoms with Gasteiger partial charge in [0.1, 0.15) is 0 Å². The third kappa shape index (κ3) is 3.91. The van der Waals surface area contributed by atoms with E-state index < -0.39 is 0 Å². The van der Waals surface area contributed by atoms with E-state index in [9.17, 15) is 4.79 Å². The minimum absolute atomic E-state index is 0.117. The Hall–Kier alpha value is -2.41. The van der Waals surface area contributed by atoms with Crippen molar-refractivity contribution in [2.75, 3.05) is 19.0 Å². The third-order valence-electron chi connectivity index (χ3n) is 4.32. The van der Waals surface area contributed by atoms with E-state index in [0.29, 0.717) is 5.69 Å². The van der Waals surface area contributed by atoms with Crippen LogP contribution in [0.3, 0.4) is 0 Å². The molecule has 2 atom stereocenters. The topological polar surface area (TPSA) is 72.3 Å². The normalized spacial score (nSPS) is 18.3. The highest BCUT2D eigenvalue weighted by Crippen LogP contribution is 2.18. The molecule has 1 aliphatic heterocycles. The molecule has 24 heavy (non-hydrogen) atoms. The average molecular weight is 329 g/mol. The number of carbonyl (C=O) groups is 1. The summed E-state index contributed by atoms with van der Waals surface area (Å²) in [5, 5.41) is 7.16. The van der Waals surface area contributed by atoms with Crippen LogP contribution in [0.2, 0.25) is 0 Å². The fraction of sp³-hybridized carbons (Fsp3) is 0.471. The van der Waals surface area contributed by atoms with Gasteiger partial charge in [0.2, 0.25) is 0 Å². The Kier molecular flexibility index (Phi) is 5.10. The molecule has 0 unspecified atom stereocenters. The maximum Gasteiger partial charge on any atom is 0.322 e. The molecule has 0 aromatic carbocycles. The van der Waals surface area contributed by atoms with E-state index in [1.165, 1.54) is 0 Å². The van der Waals surface area contributed by atoms with Gasteiger partial charge in [-0.1, -0.05) is 6.07 Å². The highest BCUT2D eigenvalue weighted by Gasteiger charge is 2.20. The van der Waals surface area contributed by atoms with Crippen LogP contribution in [0.5, 0.6) is 0 Å². The molecule has 1 fully saturated rings. The van der Waals surface area contributed by atoms with Crippen LogP contribution in [0.25, 0.3) is 0 Å². The van der Waals surface area contributed by atoms with Crippen LogP contribution in [-0.2, 0) is 11.3 Å². The number of ether oxygens (including phenoxy) is 1. The van der Waals surface area contributed by atoms with Gasteiger partial charge in [-0.15, -0.1) is 0 Å². The second-order valence-electron chi connectivity index (χ2n) is 6.06. The van der Waals surface area contributed by atoms with E-state index in [0.717, 1.165) is 31.7 Å². The van der Waals surface area contributed by atoms with Crippen molar-refractivity contribution in [3.05, 3.63) is 42.5 Å². The summed E-state index contributed by atoms with van der Waals surface area (Å²) < 4.78 is 7.42. The number of anilines is 1. The van der Waals surface area contributed by atoms with E-state index in [2.05, 4.69) is 15.4 Å². The standard InChI is InChI=1S/C17H23N5O2/c1-13(16-7-3-4-8-18-16)21(2)17(23)20-14-10-19-22(11-14)12-15-6-5-9-24-15/h3-4,7-8,10-11,13,15H,5-6,9,12H2,1-2H3,(H,20,23)/t13-,15+/m1/s1. The second-order valence-corrected chi connectivity index (χ2v) is 6.06. The van der Waals surface area contributed by atoms with Crippen LogP contribution < -0.4 is 5.32 Å². The first-order valence-corrected chi connectivity index (χ1v) is 8.22. The number of urea groups is 1. The largest absolute Gasteiger partial charge is 0.376 e. The summed E-state index contributed by atoms with van der Waals surface area (Å²) in [5.41, 5.74) is 1.53. The molecule has 1 saturated heterocycles. The highest BCUT2D eigenvalue weighted by atomic mass is 16.5. The van der Waals surface area contributed by atoms with Gasteiger partial charge in [-0.2, -0.15) is 5.10 Å². The maximum absolute atomic E-state index is 12.4. The third-order valence-corrected chi connectivity index (χ3v) is 4.32. The van der Waals surface area contributed by atoms with Crippen LogP contribution in [0.4, 0.5) is 10.5 Å². The number of hydrogen-bond acceptors (Lipinski definition) is 4. The molecule has 2 aromatic rings. The van der Waals surface area contributed by atoms with Crippen molar-refractivity contribution >= 4 is 11.7 Å². The lowest BCUT2D eigenvalue weighted by Gasteiger charge is -2.24. The van der Waals surface area contributed by atoms with Crippen molar-refractivity contribution < 1.29 is 9.53 Å². The minimum atomic E-state index is -0.190. The van der Waals surface area contributed by atoms with Crippen molar-refractivity contribution in [3.63, 3.8) is 0 Å². The average Bonchev–Trinajstić information content (AvgIpc) is 3.27. The van der Waals surface area contributed by atoms with Gasteiger partial charge in [-0.05, 0) is 31.9 Å². The Balaban J connectivity index is 1.57. The number of amides is 2. The minimum Gasteiger partial charge on any atom is -0.376 e. The van der Waals surface area contributed by atoms with Crippen LogP contribution in [-0.4, -0.2) is 45.5 Å². The van der Waals surface area contributed by atoms with Crippen LogP contribution in [0.1, 0.15) is 31.5 Å². The molecule has 0 radical (unpaired) electrons. The Morgan fingerprint density at radius 3 is 3.12 bits per heavy atom. The van der Waals surface area contributed by atoms with Crippen LogP contribution >= 0.6 is 0 Å². The molecular weight excluding hydrogens is 306 g/mol. The zero-order chi connectivity index (χ0) is 16.9. The smallest absolute Gasteiger partial charge is 0.322 e. The summed E-state index contributed by atoms with van der Waals surface area (Å²) in [4.78, 5) is 18.3. The summed E-state index contributed by atoms with van der Waals surface area (Å²) in [6, 6.07) is 5.38. The molecule has 0 bridgehead atoms. The van der Waals surface area contributed by atoms with Crippen LogP contribution in [0.15, 0.2) is 36.8 Å². The van der Waals surface area contributed by atoms with E-state index in [1.807, 2.05) is 36.0 Å². The van der Waals surface area contributed by atoms with Gasteiger partial charge in [0.15, 0.2) is 0 Å². The number of nitrogens with one attached hydrogen (secondary N) is 1. The van der Waals surface area contributed by atoms with Gasteiger partial charge in [-0.25, -0.2) is 4.79 Å². The van der Waals surface area contributed by atoms with Gasteiger partial charge in [0.05, 0.1) is 36.3 Å². The lowest BCUT2D eigenvalue weighted by atomic mass is 10.2. The zero-order valence-corrected chi connectivity index (χ0v) is 14.1. The fourth-order valence-corrected chi connectivity index (χ4v) is 2.73. The van der Waals surface area contributed by atoms with Gasteiger partial charge in [-0.3, -0.25) is 9.67 Å². The van der Waals surface area contributed by atoms with Crippen molar-refractivity contribution in [2.45, 2.75) is 38.5 Å². The summed E-state index contributed by atoms with van der Waals surface area (Å²) in [6.45, 7) is 3.49. The summed E-state index contributed by atoms with van der Waals surface area (Å²) in [6.07, 6.45) is 7.61. The van der Waals surface area contributed by atoms with Crippen molar-refractivity contribution in [3.8, 4) is 0 Å². The molecule has 128 valence electrons. The SMILES string of the molecule is C[C@H](c1ccccn1)N(C)C(=O)Nc1cnn(C[C@@H]2CCCO2)c1. The van der Waals surface area contributed by atoms with E-state index in [-0.39, 0.29) is 18.2 Å². The molecule has 7 heteroatoms. The van der Waals surface area contributed by atoms with Crippen molar-refractivity contribution in [1.29, 1.82) is 0 Å². The Morgan fingerprint density at radius 2 is 2.42 bits per heavy atom. The lowest BCUT2D eigenvalue weighted by molar-refractivity contribution is 0.0940. The Bertz CT molecular complexity index is 667. The molecule has 1 N–H and O–H groups in total. The first-order valence-electron chi connectivity index (χ1n) is 8.22. The number of nitrogens with zero attached hydrogens (tertiary/aromatic N) is 4. The van der Waals surface area contributed by atoms with Gasteiger partial charge in [0, 0.05) is 26.0 Å². The van der Waals surface area contributed by atoms with E-state index in [4.69, 9.17) is 4.74 Å². The predicted molar refractivity (Wildman–Crippen MR) is 90.6 cm³/mol. The summed E-state index contributed by atoms with van der Waals surface area (Å²) in [7, 11) is 1.76. The monoisotopic (exact) mass is 329 g/mol. The predicted octanol–water partition coefficient (Wildman–Crippen LogP) is 2.68. The Morgan fingerprint density at radius 1 is 1.54 bits per heavy atom. The van der Waals surface area contributed by atoms with Gasteiger partial charge >= 0.3 is 6.03 Å². The molecule has 3 heterocycles. The number of aromatic nitrogens is 3. The lowest BCUT2D eigenvalue weighted by Crippen LogP contribution is -2.33. The second kappa shape index (κ2) is 7.44. The zero-order valence-electron chi connectivity index (χ0n) is 14.1. The number of pyridine rings is 1. The quantitative estimate of drug-likeness (QED) is 0.915. The van der Waals surface area contributed by atoms with Gasteiger partial charge < -0.3 is 15.0 Å². The molecule has 0 saturated carbocycles. The maximum atomic E-state index is 12.4. The molecule has 0 aliphatic carbocycles. The summed E-state index contributed by atoms with van der Waals surface area (Å²) >= 11 is 0. The number of hydrogen-bond donors (Lipinski definition) is 1. The molecular formula is C17H23N5O2. The molecule has 0 spiro atoms. The molecule has 3 rings (SSSR count). The Labute approximate surface area is 141 Å². The molecule has 2 amide bonds. The molecule has 7 nitrogen and oxygen atoms in total. The van der Waals surface area contributed by atoms with E-state index >= 15 is 0 Å². The van der Waals surface area contributed by atoms with Crippen molar-refractivity contribution in [1.82, 2.24) is 19.7 Å². The fourth-order valence-electron chi connectivity index (χ4n) is 2.73. The van der Waals surface area contributed by atoms with E-state index in [1.54, 1.807) is 24.3 Å². The van der Waals surface area contributed by atoms with Gasteiger partial charge in [0.25, 0.3) is 0 Å². The van der Waals surface area contributed by atoms with Crippen LogP contribution in [0, 0.1) is 0 Å². The highest BCUT2D eigenvalue weighted by molar-refractivity contribution is 5.89. The first kappa shape index (κ1) is 16.4.